The van der Waals surface area contributed by atoms with Gasteiger partial charge in [0.15, 0.2) is 0 Å². The van der Waals surface area contributed by atoms with Gasteiger partial charge in [-0.2, -0.15) is 0 Å². The van der Waals surface area contributed by atoms with Crippen LogP contribution >= 0.6 is 0 Å². The molecule has 1 unspecified atom stereocenters. The first kappa shape index (κ1) is 30.4. The molecule has 0 amide bonds. The Morgan fingerprint density at radius 2 is 1.22 bits per heavy atom. The van der Waals surface area contributed by atoms with Gasteiger partial charge in [0, 0.05) is 11.6 Å². The molecule has 2 aliphatic rings. The summed E-state index contributed by atoms with van der Waals surface area (Å²) in [6.07, 6.45) is 0. The van der Waals surface area contributed by atoms with Crippen molar-refractivity contribution in [3.63, 3.8) is 0 Å². The summed E-state index contributed by atoms with van der Waals surface area (Å²) in [4.78, 5) is 2.51. The van der Waals surface area contributed by atoms with Crippen LogP contribution in [0.4, 0.5) is 0 Å². The van der Waals surface area contributed by atoms with Crippen molar-refractivity contribution >= 4 is 22.9 Å². The molecule has 4 nitrogen and oxygen atoms in total. The highest BCUT2D eigenvalue weighted by Crippen LogP contribution is 2.58. The van der Waals surface area contributed by atoms with Gasteiger partial charge in [-0.25, -0.2) is 0 Å². The molecule has 0 aliphatic carbocycles. The maximum Gasteiger partial charge on any atom is 0.404 e. The second-order valence-corrected chi connectivity index (χ2v) is 13.2. The lowest BCUT2D eigenvalue weighted by Gasteiger charge is -2.51. The third-order valence-corrected chi connectivity index (χ3v) is 10.5. The molecule has 0 aromatic heterocycles. The average molecular weight is 651 g/mol. The van der Waals surface area contributed by atoms with Crippen LogP contribution in [0.5, 0.6) is 11.5 Å². The summed E-state index contributed by atoms with van der Waals surface area (Å²) in [7, 11) is 0. The summed E-state index contributed by atoms with van der Waals surface area (Å²) in [6.45, 7) is 1.06. The van der Waals surface area contributed by atoms with Crippen LogP contribution in [-0.4, -0.2) is 18.1 Å². The topological polar surface area (TPSA) is 30.9 Å². The molecule has 1 fully saturated rings. The average Bonchev–Trinajstić information content (AvgIpc) is 3.51. The Bertz CT molecular complexity index is 2220. The first-order valence-electron chi connectivity index (χ1n) is 17.5. The fraction of sp³-hybridized carbons (Fsp3) is 0.111. The van der Waals surface area contributed by atoms with Crippen LogP contribution in [0, 0.1) is 0 Å². The lowest BCUT2D eigenvalue weighted by Crippen LogP contribution is -2.66. The molecular formula is C45H37BNO3-. The Hall–Kier alpha value is -5.62. The summed E-state index contributed by atoms with van der Waals surface area (Å²) >= 11 is 0. The normalized spacial score (nSPS) is 19.3. The maximum atomic E-state index is 7.87. The Balaban J connectivity index is 1.29. The van der Waals surface area contributed by atoms with Crippen molar-refractivity contribution < 1.29 is 14.0 Å². The number of benzene rings is 7. The first-order valence-corrected chi connectivity index (χ1v) is 17.5. The molecular weight excluding hydrogens is 613 g/mol. The van der Waals surface area contributed by atoms with Gasteiger partial charge in [-0.1, -0.05) is 158 Å². The molecule has 0 bridgehead atoms. The number of hydrogen-bond donors (Lipinski definition) is 0. The van der Waals surface area contributed by atoms with Crippen molar-refractivity contribution in [3.8, 4) is 22.6 Å². The minimum absolute atomic E-state index is 0.216. The molecule has 7 aromatic rings. The van der Waals surface area contributed by atoms with Gasteiger partial charge >= 0.3 is 6.69 Å². The van der Waals surface area contributed by atoms with Crippen molar-refractivity contribution in [2.24, 2.45) is 0 Å². The zero-order chi connectivity index (χ0) is 33.5. The standard InChI is InChI=1S/C45H37BNO3/c1-2-48-40-29-24-34(25-30-40)33-22-27-39(28-23-33)46-47(32-42-41-21-13-12-14-35(41)26-31-43(42)49-46)44(36-15-6-3-7-16-36)45(50-46,37-17-8-4-9-18-37)38-19-10-5-11-20-38/h3-31,44H,2,32H2,1H3/q-1/t44-,46?/m1/s1. The van der Waals surface area contributed by atoms with E-state index in [0.29, 0.717) is 13.2 Å². The fourth-order valence-electron chi connectivity index (χ4n) is 8.27. The lowest BCUT2D eigenvalue weighted by atomic mass is 9.60. The number of ether oxygens (including phenoxy) is 1. The number of fused-ring (bicyclic) bond motifs is 4. The number of rotatable bonds is 7. The van der Waals surface area contributed by atoms with E-state index in [1.807, 2.05) is 19.1 Å². The van der Waals surface area contributed by atoms with Crippen LogP contribution in [0.1, 0.15) is 35.2 Å². The molecule has 50 heavy (non-hydrogen) atoms. The van der Waals surface area contributed by atoms with Gasteiger partial charge in [-0.15, -0.1) is 5.46 Å². The summed E-state index contributed by atoms with van der Waals surface area (Å²) in [5, 5.41) is 2.40. The molecule has 0 N–H and O–H groups in total. The summed E-state index contributed by atoms with van der Waals surface area (Å²) < 4.78 is 21.0. The Labute approximate surface area is 293 Å². The minimum atomic E-state index is -2.24. The van der Waals surface area contributed by atoms with Gasteiger partial charge in [0.25, 0.3) is 0 Å². The van der Waals surface area contributed by atoms with E-state index in [0.717, 1.165) is 39.2 Å². The Kier molecular flexibility index (Phi) is 7.53. The molecule has 0 saturated carbocycles. The summed E-state index contributed by atoms with van der Waals surface area (Å²) in [5.74, 6) is 1.73. The van der Waals surface area contributed by atoms with Crippen LogP contribution in [0.3, 0.4) is 0 Å². The van der Waals surface area contributed by atoms with Crippen LogP contribution in [0.2, 0.25) is 0 Å². The Morgan fingerprint density at radius 3 is 1.86 bits per heavy atom. The molecule has 2 atom stereocenters. The van der Waals surface area contributed by atoms with Crippen LogP contribution in [0.15, 0.2) is 176 Å². The molecule has 0 spiro atoms. The van der Waals surface area contributed by atoms with E-state index >= 15 is 0 Å². The molecule has 7 aromatic carbocycles. The minimum Gasteiger partial charge on any atom is -0.676 e. The maximum absolute atomic E-state index is 7.87. The quantitative estimate of drug-likeness (QED) is 0.161. The Morgan fingerprint density at radius 1 is 0.640 bits per heavy atom. The monoisotopic (exact) mass is 650 g/mol. The van der Waals surface area contributed by atoms with E-state index in [-0.39, 0.29) is 6.04 Å². The molecule has 2 heterocycles. The predicted octanol–water partition coefficient (Wildman–Crippen LogP) is 9.66. The predicted molar refractivity (Wildman–Crippen MR) is 202 cm³/mol. The van der Waals surface area contributed by atoms with Crippen molar-refractivity contribution in [1.29, 1.82) is 0 Å². The van der Waals surface area contributed by atoms with Gasteiger partial charge < -0.3 is 18.9 Å². The van der Waals surface area contributed by atoms with E-state index < -0.39 is 12.3 Å². The SMILES string of the molecule is CCOc1ccc(-c2ccc([B-]34Oc5ccc6ccccc6c5CN3[C@H](c3ccccc3)C(c3ccccc3)(c3ccccc3)O4)cc2)cc1. The van der Waals surface area contributed by atoms with Gasteiger partial charge in [0.05, 0.1) is 18.0 Å². The molecule has 0 radical (unpaired) electrons. The molecule has 2 aliphatic heterocycles. The smallest absolute Gasteiger partial charge is 0.404 e. The van der Waals surface area contributed by atoms with Gasteiger partial charge in [-0.3, -0.25) is 0 Å². The molecule has 1 saturated heterocycles. The van der Waals surface area contributed by atoms with E-state index in [1.165, 1.54) is 21.9 Å². The highest BCUT2D eigenvalue weighted by Gasteiger charge is 2.61. The molecule has 5 heteroatoms. The third kappa shape index (κ3) is 4.85. The van der Waals surface area contributed by atoms with Crippen molar-refractivity contribution in [3.05, 3.63) is 198 Å². The second kappa shape index (κ2) is 12.4. The highest BCUT2D eigenvalue weighted by molar-refractivity contribution is 6.80. The number of nitrogens with zero attached hydrogens (tertiary/aromatic N) is 1. The van der Waals surface area contributed by atoms with E-state index in [1.54, 1.807) is 0 Å². The van der Waals surface area contributed by atoms with Crippen LogP contribution in [-0.2, 0) is 16.8 Å². The lowest BCUT2D eigenvalue weighted by molar-refractivity contribution is 0.0870. The first-order chi connectivity index (χ1) is 24.7. The van der Waals surface area contributed by atoms with Crippen molar-refractivity contribution in [1.82, 2.24) is 4.81 Å². The van der Waals surface area contributed by atoms with Crippen molar-refractivity contribution in [2.45, 2.75) is 25.1 Å². The van der Waals surface area contributed by atoms with Crippen LogP contribution < -0.4 is 14.9 Å². The van der Waals surface area contributed by atoms with E-state index in [2.05, 4.69) is 169 Å². The van der Waals surface area contributed by atoms with Crippen LogP contribution in [0.25, 0.3) is 21.9 Å². The summed E-state index contributed by atoms with van der Waals surface area (Å²) in [6, 6.07) is 61.9. The molecule has 9 rings (SSSR count). The van der Waals surface area contributed by atoms with Crippen molar-refractivity contribution in [2.75, 3.05) is 6.61 Å². The van der Waals surface area contributed by atoms with E-state index in [9.17, 15) is 0 Å². The molecule has 244 valence electrons. The highest BCUT2D eigenvalue weighted by atomic mass is 16.6. The fourth-order valence-corrected chi connectivity index (χ4v) is 8.27. The largest absolute Gasteiger partial charge is 0.676 e. The summed E-state index contributed by atoms with van der Waals surface area (Å²) in [5.41, 5.74) is 6.85. The second-order valence-electron chi connectivity index (χ2n) is 13.2. The van der Waals surface area contributed by atoms with Gasteiger partial charge in [-0.05, 0) is 70.3 Å². The number of hydrogen-bond acceptors (Lipinski definition) is 4. The zero-order valence-electron chi connectivity index (χ0n) is 28.0. The zero-order valence-corrected chi connectivity index (χ0v) is 28.0. The van der Waals surface area contributed by atoms with Gasteiger partial charge in [0.1, 0.15) is 5.75 Å². The third-order valence-electron chi connectivity index (χ3n) is 10.5. The van der Waals surface area contributed by atoms with E-state index in [4.69, 9.17) is 14.0 Å². The van der Waals surface area contributed by atoms with Gasteiger partial charge in [0.2, 0.25) is 0 Å².